The van der Waals surface area contributed by atoms with E-state index in [0.717, 1.165) is 16.6 Å². The van der Waals surface area contributed by atoms with E-state index in [0.29, 0.717) is 5.75 Å². The standard InChI is InChI=1S/C11H16N2O6S2/c1-13(2)21(17,18)10-5-8(6-19-10)11(16)12-3-4-20-7-9(14)15/h5-6H,3-4,7H2,1-2H3,(H,12,16)(H,14,15). The number of carbonyl (C=O) groups is 2. The van der Waals surface area contributed by atoms with Gasteiger partial charge < -0.3 is 14.8 Å². The summed E-state index contributed by atoms with van der Waals surface area (Å²) in [6.07, 6.45) is 1.07. The summed E-state index contributed by atoms with van der Waals surface area (Å²) in [5.74, 6) is -0.986. The molecule has 1 amide bonds. The van der Waals surface area contributed by atoms with Crippen molar-refractivity contribution in [1.29, 1.82) is 0 Å². The summed E-state index contributed by atoms with van der Waals surface area (Å²) in [6, 6.07) is 1.15. The van der Waals surface area contributed by atoms with Gasteiger partial charge >= 0.3 is 5.97 Å². The topological polar surface area (TPSA) is 117 Å². The van der Waals surface area contributed by atoms with E-state index in [1.54, 1.807) is 0 Å². The lowest BCUT2D eigenvalue weighted by atomic mass is 10.3. The molecule has 0 saturated heterocycles. The maximum atomic E-state index is 11.8. The van der Waals surface area contributed by atoms with E-state index in [4.69, 9.17) is 9.52 Å². The molecule has 2 N–H and O–H groups in total. The maximum Gasteiger partial charge on any atom is 0.313 e. The van der Waals surface area contributed by atoms with E-state index < -0.39 is 21.9 Å². The van der Waals surface area contributed by atoms with Gasteiger partial charge in [0.1, 0.15) is 6.26 Å². The molecule has 0 aliphatic heterocycles. The zero-order chi connectivity index (χ0) is 16.0. The monoisotopic (exact) mass is 336 g/mol. The number of carboxylic acid groups (broad SMARTS) is 1. The first-order chi connectivity index (χ1) is 9.75. The quantitative estimate of drug-likeness (QED) is 0.645. The van der Waals surface area contributed by atoms with Gasteiger partial charge in [0.15, 0.2) is 0 Å². The fourth-order valence-corrected chi connectivity index (χ4v) is 2.62. The van der Waals surface area contributed by atoms with Crippen molar-refractivity contribution in [3.05, 3.63) is 17.9 Å². The Morgan fingerprint density at radius 3 is 2.67 bits per heavy atom. The minimum absolute atomic E-state index is 0.0349. The minimum atomic E-state index is -3.71. The summed E-state index contributed by atoms with van der Waals surface area (Å²) in [7, 11) is -0.994. The second kappa shape index (κ2) is 7.48. The number of furan rings is 1. The molecular formula is C11H16N2O6S2. The Balaban J connectivity index is 2.53. The largest absolute Gasteiger partial charge is 0.481 e. The fourth-order valence-electron chi connectivity index (χ4n) is 1.25. The van der Waals surface area contributed by atoms with Crippen molar-refractivity contribution in [2.45, 2.75) is 5.09 Å². The average Bonchev–Trinajstić information content (AvgIpc) is 2.87. The number of amides is 1. The van der Waals surface area contributed by atoms with Gasteiger partial charge in [0, 0.05) is 32.5 Å². The van der Waals surface area contributed by atoms with Crippen molar-refractivity contribution < 1.29 is 27.5 Å². The van der Waals surface area contributed by atoms with Crippen LogP contribution in [0.15, 0.2) is 21.8 Å². The number of nitrogens with zero attached hydrogens (tertiary/aromatic N) is 1. The second-order valence-corrected chi connectivity index (χ2v) is 7.33. The van der Waals surface area contributed by atoms with Crippen LogP contribution in [0.5, 0.6) is 0 Å². The molecule has 0 radical (unpaired) electrons. The maximum absolute atomic E-state index is 11.8. The van der Waals surface area contributed by atoms with Gasteiger partial charge in [-0.25, -0.2) is 12.7 Å². The van der Waals surface area contributed by atoms with Crippen LogP contribution in [0.1, 0.15) is 10.4 Å². The van der Waals surface area contributed by atoms with E-state index in [2.05, 4.69) is 5.32 Å². The average molecular weight is 336 g/mol. The van der Waals surface area contributed by atoms with E-state index in [9.17, 15) is 18.0 Å². The number of nitrogens with one attached hydrogen (secondary N) is 1. The molecule has 21 heavy (non-hydrogen) atoms. The third kappa shape index (κ3) is 5.06. The summed E-state index contributed by atoms with van der Waals surface area (Å²) >= 11 is 1.17. The molecule has 0 saturated carbocycles. The number of rotatable bonds is 8. The van der Waals surface area contributed by atoms with Gasteiger partial charge in [0.05, 0.1) is 11.3 Å². The van der Waals surface area contributed by atoms with Gasteiger partial charge in [0.25, 0.3) is 15.9 Å². The Morgan fingerprint density at radius 2 is 2.10 bits per heavy atom. The van der Waals surface area contributed by atoms with Gasteiger partial charge in [-0.15, -0.1) is 11.8 Å². The highest BCUT2D eigenvalue weighted by atomic mass is 32.2. The number of aliphatic carboxylic acids is 1. The molecule has 0 bridgehead atoms. The molecule has 0 fully saturated rings. The first kappa shape index (κ1) is 17.5. The highest BCUT2D eigenvalue weighted by Gasteiger charge is 2.23. The Hall–Kier alpha value is -1.52. The third-order valence-electron chi connectivity index (χ3n) is 2.33. The van der Waals surface area contributed by atoms with Crippen LogP contribution >= 0.6 is 11.8 Å². The molecule has 1 aromatic heterocycles. The highest BCUT2D eigenvalue weighted by Crippen LogP contribution is 2.16. The van der Waals surface area contributed by atoms with Crippen LogP contribution in [0, 0.1) is 0 Å². The molecule has 0 spiro atoms. The molecule has 8 nitrogen and oxygen atoms in total. The second-order valence-electron chi connectivity index (χ2n) is 4.14. The molecule has 10 heteroatoms. The number of sulfonamides is 1. The smallest absolute Gasteiger partial charge is 0.313 e. The molecule has 0 unspecified atom stereocenters. The summed E-state index contributed by atoms with van der Waals surface area (Å²) in [4.78, 5) is 22.0. The zero-order valence-electron chi connectivity index (χ0n) is 11.5. The van der Waals surface area contributed by atoms with Gasteiger partial charge in [-0.3, -0.25) is 9.59 Å². The lowest BCUT2D eigenvalue weighted by molar-refractivity contribution is -0.133. The van der Waals surface area contributed by atoms with E-state index >= 15 is 0 Å². The van der Waals surface area contributed by atoms with Gasteiger partial charge in [-0.2, -0.15) is 0 Å². The summed E-state index contributed by atoms with van der Waals surface area (Å²) < 4.78 is 29.4. The molecule has 118 valence electrons. The van der Waals surface area contributed by atoms with Crippen LogP contribution in [0.4, 0.5) is 0 Å². The lowest BCUT2D eigenvalue weighted by Gasteiger charge is -2.07. The van der Waals surface area contributed by atoms with Crippen molar-refractivity contribution in [2.75, 3.05) is 32.1 Å². The number of carbonyl (C=O) groups excluding carboxylic acids is 1. The molecule has 0 atom stereocenters. The van der Waals surface area contributed by atoms with Gasteiger partial charge in [0.2, 0.25) is 5.09 Å². The van der Waals surface area contributed by atoms with Crippen molar-refractivity contribution >= 4 is 33.7 Å². The van der Waals surface area contributed by atoms with E-state index in [1.165, 1.54) is 25.9 Å². The fraction of sp³-hybridized carbons (Fsp3) is 0.455. The van der Waals surface area contributed by atoms with Crippen LogP contribution in [-0.4, -0.2) is 61.9 Å². The lowest BCUT2D eigenvalue weighted by Crippen LogP contribution is -2.25. The Labute approximate surface area is 126 Å². The number of carboxylic acids is 1. The van der Waals surface area contributed by atoms with E-state index in [1.807, 2.05) is 0 Å². The van der Waals surface area contributed by atoms with Crippen LogP contribution < -0.4 is 5.32 Å². The van der Waals surface area contributed by atoms with E-state index in [-0.39, 0.29) is 23.0 Å². The van der Waals surface area contributed by atoms with Crippen molar-refractivity contribution in [3.8, 4) is 0 Å². The first-order valence-corrected chi connectivity index (χ1v) is 8.43. The summed E-state index contributed by atoms with van der Waals surface area (Å²) in [6.45, 7) is 0.276. The van der Waals surface area contributed by atoms with Gasteiger partial charge in [-0.05, 0) is 0 Å². The molecule has 1 heterocycles. The normalized spacial score (nSPS) is 11.6. The Kier molecular flexibility index (Phi) is 6.24. The predicted octanol–water partition coefficient (Wildman–Crippen LogP) is 0.0775. The van der Waals surface area contributed by atoms with Crippen LogP contribution in [0.3, 0.4) is 0 Å². The Morgan fingerprint density at radius 1 is 1.43 bits per heavy atom. The molecule has 1 aromatic rings. The number of hydrogen-bond donors (Lipinski definition) is 2. The summed E-state index contributed by atoms with van der Waals surface area (Å²) in [5, 5.41) is 10.7. The Bertz CT molecular complexity index is 608. The molecular weight excluding hydrogens is 320 g/mol. The van der Waals surface area contributed by atoms with Crippen molar-refractivity contribution in [1.82, 2.24) is 9.62 Å². The molecule has 0 aromatic carbocycles. The molecule has 0 aliphatic rings. The minimum Gasteiger partial charge on any atom is -0.481 e. The van der Waals surface area contributed by atoms with Crippen molar-refractivity contribution in [2.24, 2.45) is 0 Å². The van der Waals surface area contributed by atoms with Crippen molar-refractivity contribution in [3.63, 3.8) is 0 Å². The SMILES string of the molecule is CN(C)S(=O)(=O)c1cc(C(=O)NCCSCC(=O)O)co1. The first-order valence-electron chi connectivity index (χ1n) is 5.84. The van der Waals surface area contributed by atoms with Gasteiger partial charge in [-0.1, -0.05) is 0 Å². The molecule has 1 rings (SSSR count). The van der Waals surface area contributed by atoms with Crippen LogP contribution in [0.2, 0.25) is 0 Å². The van der Waals surface area contributed by atoms with Crippen LogP contribution in [-0.2, 0) is 14.8 Å². The third-order valence-corrected chi connectivity index (χ3v) is 4.96. The predicted molar refractivity (Wildman–Crippen MR) is 76.9 cm³/mol. The number of thioether (sulfide) groups is 1. The van der Waals surface area contributed by atoms with Crippen LogP contribution in [0.25, 0.3) is 0 Å². The molecule has 0 aliphatic carbocycles. The summed E-state index contributed by atoms with van der Waals surface area (Å²) in [5.41, 5.74) is 0.0960. The zero-order valence-corrected chi connectivity index (χ0v) is 13.2. The highest BCUT2D eigenvalue weighted by molar-refractivity contribution is 7.99. The number of hydrogen-bond acceptors (Lipinski definition) is 6.